The van der Waals surface area contributed by atoms with Crippen LogP contribution in [0.2, 0.25) is 0 Å². The molecule has 0 bridgehead atoms. The highest BCUT2D eigenvalue weighted by atomic mass is 16.6. The lowest BCUT2D eigenvalue weighted by molar-refractivity contribution is -0.155. The maximum absolute atomic E-state index is 12.9. The summed E-state index contributed by atoms with van der Waals surface area (Å²) in [5.41, 5.74) is 1.66. The average molecular weight is 465 g/mol. The van der Waals surface area contributed by atoms with Crippen LogP contribution in [0.3, 0.4) is 0 Å². The summed E-state index contributed by atoms with van der Waals surface area (Å²) in [7, 11) is 0. The second-order valence-electron chi connectivity index (χ2n) is 9.39. The van der Waals surface area contributed by atoms with E-state index in [0.29, 0.717) is 41.8 Å². The number of carbonyl (C=O) groups is 4. The summed E-state index contributed by atoms with van der Waals surface area (Å²) < 4.78 is 11.1. The Morgan fingerprint density at radius 2 is 1.62 bits per heavy atom. The van der Waals surface area contributed by atoms with E-state index in [1.54, 1.807) is 57.2 Å². The van der Waals surface area contributed by atoms with Gasteiger partial charge in [0.05, 0.1) is 17.7 Å². The average Bonchev–Trinajstić information content (AvgIpc) is 3.02. The number of esters is 1. The molecule has 0 atom stereocenters. The Hall–Kier alpha value is -3.68. The van der Waals surface area contributed by atoms with E-state index >= 15 is 0 Å². The Morgan fingerprint density at radius 3 is 2.26 bits per heavy atom. The SMILES string of the molecule is CC(C)(C)OC(=O)CN1CCc2ccc(OCCCN3C(=O)c4ccccc4C3=O)cc2C1=O. The first-order valence-electron chi connectivity index (χ1n) is 11.4. The third-order valence-corrected chi connectivity index (χ3v) is 5.66. The smallest absolute Gasteiger partial charge is 0.326 e. The van der Waals surface area contributed by atoms with Gasteiger partial charge in [-0.3, -0.25) is 24.1 Å². The van der Waals surface area contributed by atoms with Gasteiger partial charge in [0.1, 0.15) is 17.9 Å². The predicted molar refractivity (Wildman–Crippen MR) is 124 cm³/mol. The quantitative estimate of drug-likeness (QED) is 0.355. The third-order valence-electron chi connectivity index (χ3n) is 5.66. The molecular formula is C26H28N2O6. The molecule has 2 heterocycles. The molecule has 34 heavy (non-hydrogen) atoms. The maximum Gasteiger partial charge on any atom is 0.326 e. The van der Waals surface area contributed by atoms with Crippen molar-refractivity contribution < 1.29 is 28.7 Å². The van der Waals surface area contributed by atoms with Crippen LogP contribution in [0.4, 0.5) is 0 Å². The number of imide groups is 1. The standard InChI is InChI=1S/C26H28N2O6/c1-26(2,3)34-22(29)16-27-13-11-17-9-10-18(15-21(17)23(27)30)33-14-6-12-28-24(31)19-7-4-5-8-20(19)25(28)32/h4-5,7-10,15H,6,11-14,16H2,1-3H3. The number of ether oxygens (including phenoxy) is 2. The van der Waals surface area contributed by atoms with Crippen LogP contribution in [0.5, 0.6) is 5.75 Å². The lowest BCUT2D eigenvalue weighted by Crippen LogP contribution is -2.42. The normalized spacial score (nSPS) is 15.3. The van der Waals surface area contributed by atoms with Gasteiger partial charge in [-0.1, -0.05) is 18.2 Å². The van der Waals surface area contributed by atoms with Gasteiger partial charge < -0.3 is 14.4 Å². The molecule has 0 fully saturated rings. The minimum Gasteiger partial charge on any atom is -0.494 e. The van der Waals surface area contributed by atoms with Crippen molar-refractivity contribution in [2.75, 3.05) is 26.2 Å². The summed E-state index contributed by atoms with van der Waals surface area (Å²) in [6.07, 6.45) is 1.10. The van der Waals surface area contributed by atoms with Crippen molar-refractivity contribution in [3.63, 3.8) is 0 Å². The number of benzene rings is 2. The molecule has 8 nitrogen and oxygen atoms in total. The van der Waals surface area contributed by atoms with Gasteiger partial charge in [0.25, 0.3) is 17.7 Å². The molecular weight excluding hydrogens is 436 g/mol. The van der Waals surface area contributed by atoms with Crippen molar-refractivity contribution in [1.82, 2.24) is 9.80 Å². The number of carbonyl (C=O) groups excluding carboxylic acids is 4. The minimum atomic E-state index is -0.609. The molecule has 0 saturated carbocycles. The fraction of sp³-hybridized carbons (Fsp3) is 0.385. The second kappa shape index (κ2) is 9.29. The second-order valence-corrected chi connectivity index (χ2v) is 9.39. The van der Waals surface area contributed by atoms with Gasteiger partial charge in [0, 0.05) is 18.7 Å². The fourth-order valence-electron chi connectivity index (χ4n) is 4.13. The molecule has 0 radical (unpaired) electrons. The molecule has 0 spiro atoms. The molecule has 0 saturated heterocycles. The van der Waals surface area contributed by atoms with E-state index in [2.05, 4.69) is 0 Å². The van der Waals surface area contributed by atoms with Crippen LogP contribution in [-0.2, 0) is 16.0 Å². The zero-order valence-corrected chi connectivity index (χ0v) is 19.6. The molecule has 0 aromatic heterocycles. The van der Waals surface area contributed by atoms with E-state index in [1.165, 1.54) is 9.80 Å². The zero-order valence-electron chi connectivity index (χ0n) is 19.6. The van der Waals surface area contributed by atoms with Crippen molar-refractivity contribution in [3.05, 3.63) is 64.7 Å². The lowest BCUT2D eigenvalue weighted by Gasteiger charge is -2.29. The molecule has 0 unspecified atom stereocenters. The van der Waals surface area contributed by atoms with Crippen LogP contribution in [0.15, 0.2) is 42.5 Å². The molecule has 2 aromatic rings. The molecule has 2 aliphatic rings. The van der Waals surface area contributed by atoms with Gasteiger partial charge in [-0.15, -0.1) is 0 Å². The summed E-state index contributed by atoms with van der Waals surface area (Å²) in [5.74, 6) is -0.725. The van der Waals surface area contributed by atoms with E-state index in [9.17, 15) is 19.2 Å². The Labute approximate surface area is 198 Å². The topological polar surface area (TPSA) is 93.2 Å². The number of rotatable bonds is 7. The van der Waals surface area contributed by atoms with Crippen molar-refractivity contribution >= 4 is 23.7 Å². The molecule has 2 aliphatic heterocycles. The van der Waals surface area contributed by atoms with E-state index in [4.69, 9.17) is 9.47 Å². The van der Waals surface area contributed by atoms with E-state index < -0.39 is 11.6 Å². The lowest BCUT2D eigenvalue weighted by atomic mass is 9.98. The zero-order chi connectivity index (χ0) is 24.5. The molecule has 0 aliphatic carbocycles. The number of nitrogens with zero attached hydrogens (tertiary/aromatic N) is 2. The van der Waals surface area contributed by atoms with Gasteiger partial charge in [0.2, 0.25) is 0 Å². The summed E-state index contributed by atoms with van der Waals surface area (Å²) >= 11 is 0. The minimum absolute atomic E-state index is 0.0963. The first kappa shape index (κ1) is 23.5. The van der Waals surface area contributed by atoms with Crippen LogP contribution in [0, 0.1) is 0 Å². The highest BCUT2D eigenvalue weighted by Crippen LogP contribution is 2.25. The van der Waals surface area contributed by atoms with Crippen molar-refractivity contribution in [1.29, 1.82) is 0 Å². The molecule has 2 aromatic carbocycles. The Morgan fingerprint density at radius 1 is 0.941 bits per heavy atom. The first-order valence-corrected chi connectivity index (χ1v) is 11.4. The molecule has 0 N–H and O–H groups in total. The number of hydrogen-bond donors (Lipinski definition) is 0. The van der Waals surface area contributed by atoms with E-state index in [1.807, 2.05) is 6.07 Å². The predicted octanol–water partition coefficient (Wildman–Crippen LogP) is 3.09. The van der Waals surface area contributed by atoms with E-state index in [0.717, 1.165) is 5.56 Å². The number of hydrogen-bond acceptors (Lipinski definition) is 6. The highest BCUT2D eigenvalue weighted by Gasteiger charge is 2.34. The fourth-order valence-corrected chi connectivity index (χ4v) is 4.13. The highest BCUT2D eigenvalue weighted by molar-refractivity contribution is 6.21. The van der Waals surface area contributed by atoms with Gasteiger partial charge >= 0.3 is 5.97 Å². The largest absolute Gasteiger partial charge is 0.494 e. The summed E-state index contributed by atoms with van der Waals surface area (Å²) in [5, 5.41) is 0. The Bertz CT molecular complexity index is 1120. The van der Waals surface area contributed by atoms with Crippen LogP contribution in [-0.4, -0.2) is 65.3 Å². The number of amides is 3. The van der Waals surface area contributed by atoms with Gasteiger partial charge in [-0.2, -0.15) is 0 Å². The summed E-state index contributed by atoms with van der Waals surface area (Å²) in [6, 6.07) is 12.1. The van der Waals surface area contributed by atoms with Crippen molar-refractivity contribution in [2.45, 2.75) is 39.2 Å². The van der Waals surface area contributed by atoms with Crippen LogP contribution in [0.25, 0.3) is 0 Å². The summed E-state index contributed by atoms with van der Waals surface area (Å²) in [4.78, 5) is 52.7. The Kier molecular flexibility index (Phi) is 6.41. The maximum atomic E-state index is 12.9. The van der Waals surface area contributed by atoms with Crippen molar-refractivity contribution in [2.24, 2.45) is 0 Å². The third kappa shape index (κ3) is 4.95. The van der Waals surface area contributed by atoms with Gasteiger partial charge in [0.15, 0.2) is 0 Å². The molecule has 3 amide bonds. The van der Waals surface area contributed by atoms with E-state index in [-0.39, 0.29) is 37.4 Å². The van der Waals surface area contributed by atoms with Gasteiger partial charge in [-0.25, -0.2) is 0 Å². The Balaban J connectivity index is 1.32. The van der Waals surface area contributed by atoms with Crippen molar-refractivity contribution in [3.8, 4) is 5.75 Å². The van der Waals surface area contributed by atoms with Crippen LogP contribution in [0.1, 0.15) is 63.8 Å². The first-order chi connectivity index (χ1) is 16.1. The van der Waals surface area contributed by atoms with Crippen LogP contribution < -0.4 is 4.74 Å². The molecule has 8 heteroatoms. The monoisotopic (exact) mass is 464 g/mol. The summed E-state index contributed by atoms with van der Waals surface area (Å²) in [6.45, 7) is 6.25. The molecule has 178 valence electrons. The number of fused-ring (bicyclic) bond motifs is 2. The van der Waals surface area contributed by atoms with Crippen LogP contribution >= 0.6 is 0 Å². The van der Waals surface area contributed by atoms with Gasteiger partial charge in [-0.05, 0) is 63.4 Å². The molecule has 4 rings (SSSR count).